The quantitative estimate of drug-likeness (QED) is 0.0557. The van der Waals surface area contributed by atoms with Crippen LogP contribution in [0.3, 0.4) is 0 Å². The number of amides is 3. The van der Waals surface area contributed by atoms with Crippen molar-refractivity contribution >= 4 is 29.7 Å². The monoisotopic (exact) mass is 699 g/mol. The van der Waals surface area contributed by atoms with Crippen molar-refractivity contribution in [3.05, 3.63) is 0 Å². The largest absolute Gasteiger partial charge is 0.460 e. The van der Waals surface area contributed by atoms with Crippen LogP contribution in [0.1, 0.15) is 136 Å². The van der Waals surface area contributed by atoms with Gasteiger partial charge in [0.2, 0.25) is 5.91 Å². The van der Waals surface area contributed by atoms with Crippen molar-refractivity contribution < 1.29 is 47.8 Å². The molecule has 1 rings (SSSR count). The molecular formula is C36H65N3O10. The van der Waals surface area contributed by atoms with E-state index in [2.05, 4.69) is 10.6 Å². The van der Waals surface area contributed by atoms with Crippen molar-refractivity contribution in [3.63, 3.8) is 0 Å². The fraction of sp³-hybridized carbons (Fsp3) is 0.861. The number of hydrogen-bond acceptors (Lipinski definition) is 11. The number of carbonyl (C=O) groups excluding carboxylic acids is 5. The molecule has 0 radical (unpaired) electrons. The summed E-state index contributed by atoms with van der Waals surface area (Å²) in [6.07, 6.45) is 17.9. The molecular weight excluding hydrogens is 634 g/mol. The fourth-order valence-electron chi connectivity index (χ4n) is 5.09. The standard InChI is InChI=1S/C36H65N3O10/c1-36(2,3)48-34(43)19-17-15-13-11-9-7-5-4-6-8-10-12-14-16-18-31(40)38-23-25-46-27-29-47-28-26-45-24-22-37-30-35(44)49-39-32(41)20-21-33(39)42/h37H,4-30H2,1-3H3,(H,38,40). The highest BCUT2D eigenvalue weighted by Gasteiger charge is 2.32. The SMILES string of the molecule is CC(C)(C)OC(=O)CCCCCCCCCCCCCCCCC(=O)NCCOCCOCCOCCNCC(=O)ON1C(=O)CCC1=O. The van der Waals surface area contributed by atoms with Crippen LogP contribution >= 0.6 is 0 Å². The van der Waals surface area contributed by atoms with Gasteiger partial charge < -0.3 is 34.4 Å². The highest BCUT2D eigenvalue weighted by Crippen LogP contribution is 2.15. The molecule has 3 amide bonds. The topological polar surface area (TPSA) is 159 Å². The van der Waals surface area contributed by atoms with Crippen molar-refractivity contribution in [2.75, 3.05) is 59.3 Å². The molecule has 0 spiro atoms. The van der Waals surface area contributed by atoms with E-state index in [0.717, 1.165) is 25.7 Å². The van der Waals surface area contributed by atoms with Crippen LogP contribution in [0.15, 0.2) is 0 Å². The van der Waals surface area contributed by atoms with E-state index in [1.165, 1.54) is 64.2 Å². The number of hydrogen-bond donors (Lipinski definition) is 2. The van der Waals surface area contributed by atoms with Crippen molar-refractivity contribution in [2.45, 2.75) is 142 Å². The lowest BCUT2D eigenvalue weighted by Gasteiger charge is -2.19. The van der Waals surface area contributed by atoms with Crippen LogP contribution in [-0.4, -0.2) is 99.6 Å². The van der Waals surface area contributed by atoms with E-state index in [1.807, 2.05) is 20.8 Å². The lowest BCUT2D eigenvalue weighted by Crippen LogP contribution is -2.36. The van der Waals surface area contributed by atoms with Crippen molar-refractivity contribution in [2.24, 2.45) is 0 Å². The maximum Gasteiger partial charge on any atom is 0.346 e. The minimum Gasteiger partial charge on any atom is -0.460 e. The van der Waals surface area contributed by atoms with Crippen LogP contribution in [0, 0.1) is 0 Å². The van der Waals surface area contributed by atoms with E-state index in [4.69, 9.17) is 23.8 Å². The van der Waals surface area contributed by atoms with E-state index < -0.39 is 17.8 Å². The van der Waals surface area contributed by atoms with Crippen molar-refractivity contribution in [3.8, 4) is 0 Å². The van der Waals surface area contributed by atoms with Gasteiger partial charge in [0.1, 0.15) is 5.60 Å². The number of imide groups is 1. The third-order valence-corrected chi connectivity index (χ3v) is 7.66. The Hall–Kier alpha value is -2.61. The lowest BCUT2D eigenvalue weighted by atomic mass is 10.0. The summed E-state index contributed by atoms with van der Waals surface area (Å²) in [5.74, 6) is -1.73. The average molecular weight is 700 g/mol. The van der Waals surface area contributed by atoms with Crippen LogP contribution < -0.4 is 10.6 Å². The van der Waals surface area contributed by atoms with Crippen LogP contribution in [0.5, 0.6) is 0 Å². The zero-order chi connectivity index (χ0) is 36.0. The number of rotatable bonds is 32. The molecule has 0 bridgehead atoms. The van der Waals surface area contributed by atoms with Gasteiger partial charge in [0.05, 0.1) is 46.2 Å². The normalized spacial score (nSPS) is 13.2. The smallest absolute Gasteiger partial charge is 0.346 e. The molecule has 2 N–H and O–H groups in total. The van der Waals surface area contributed by atoms with Gasteiger partial charge in [-0.25, -0.2) is 4.79 Å². The van der Waals surface area contributed by atoms with Crippen LogP contribution in [-0.2, 0) is 47.8 Å². The van der Waals surface area contributed by atoms with Crippen molar-refractivity contribution in [1.29, 1.82) is 0 Å². The molecule has 1 fully saturated rings. The summed E-state index contributed by atoms with van der Waals surface area (Å²) in [7, 11) is 0. The lowest BCUT2D eigenvalue weighted by molar-refractivity contribution is -0.196. The Kier molecular flexibility index (Phi) is 26.4. The molecule has 1 aliphatic rings. The predicted octanol–water partition coefficient (Wildman–Crippen LogP) is 4.93. The summed E-state index contributed by atoms with van der Waals surface area (Å²) in [5.41, 5.74) is -0.385. The molecule has 284 valence electrons. The Labute approximate surface area is 294 Å². The number of nitrogens with zero attached hydrogens (tertiary/aromatic N) is 1. The Morgan fingerprint density at radius 1 is 0.592 bits per heavy atom. The number of ether oxygens (including phenoxy) is 4. The third-order valence-electron chi connectivity index (χ3n) is 7.66. The molecule has 0 aromatic carbocycles. The molecule has 49 heavy (non-hydrogen) atoms. The minimum atomic E-state index is -0.708. The molecule has 0 aliphatic carbocycles. The fourth-order valence-corrected chi connectivity index (χ4v) is 5.09. The summed E-state index contributed by atoms with van der Waals surface area (Å²) < 4.78 is 21.7. The van der Waals surface area contributed by atoms with Crippen molar-refractivity contribution in [1.82, 2.24) is 15.7 Å². The van der Waals surface area contributed by atoms with Gasteiger partial charge in [0, 0.05) is 38.8 Å². The van der Waals surface area contributed by atoms with Crippen LogP contribution in [0.25, 0.3) is 0 Å². The highest BCUT2D eigenvalue weighted by atomic mass is 16.7. The zero-order valence-corrected chi connectivity index (χ0v) is 30.6. The summed E-state index contributed by atoms with van der Waals surface area (Å²) in [4.78, 5) is 62.9. The maximum absolute atomic E-state index is 12.0. The zero-order valence-electron chi connectivity index (χ0n) is 30.6. The molecule has 1 saturated heterocycles. The highest BCUT2D eigenvalue weighted by molar-refractivity contribution is 6.01. The van der Waals surface area contributed by atoms with E-state index >= 15 is 0 Å². The van der Waals surface area contributed by atoms with Gasteiger partial charge in [-0.1, -0.05) is 77.0 Å². The van der Waals surface area contributed by atoms with Gasteiger partial charge in [0.15, 0.2) is 0 Å². The van der Waals surface area contributed by atoms with Gasteiger partial charge in [-0.2, -0.15) is 0 Å². The second-order valence-corrected chi connectivity index (χ2v) is 13.4. The van der Waals surface area contributed by atoms with Gasteiger partial charge in [-0.05, 0) is 33.6 Å². The first-order valence-corrected chi connectivity index (χ1v) is 18.6. The van der Waals surface area contributed by atoms with Crippen LogP contribution in [0.4, 0.5) is 0 Å². The number of nitrogens with one attached hydrogen (secondary N) is 2. The predicted molar refractivity (Wildman–Crippen MR) is 185 cm³/mol. The summed E-state index contributed by atoms with van der Waals surface area (Å²) in [6, 6.07) is 0. The molecule has 13 heteroatoms. The second kappa shape index (κ2) is 29.2. The first kappa shape index (κ1) is 44.4. The third kappa shape index (κ3) is 27.9. The minimum absolute atomic E-state index is 0.0632. The molecule has 13 nitrogen and oxygen atoms in total. The van der Waals surface area contributed by atoms with Gasteiger partial charge in [-0.15, -0.1) is 5.06 Å². The van der Waals surface area contributed by atoms with Crippen LogP contribution in [0.2, 0.25) is 0 Å². The Bertz CT molecular complexity index is 909. The van der Waals surface area contributed by atoms with Gasteiger partial charge in [0.25, 0.3) is 11.8 Å². The molecule has 1 aliphatic heterocycles. The Morgan fingerprint density at radius 3 is 1.51 bits per heavy atom. The van der Waals surface area contributed by atoms with Gasteiger partial charge in [-0.3, -0.25) is 19.2 Å². The molecule has 0 saturated carbocycles. The van der Waals surface area contributed by atoms with E-state index in [1.54, 1.807) is 0 Å². The second-order valence-electron chi connectivity index (χ2n) is 13.4. The van der Waals surface area contributed by atoms with E-state index in [9.17, 15) is 24.0 Å². The summed E-state index contributed by atoms with van der Waals surface area (Å²) >= 11 is 0. The Morgan fingerprint density at radius 2 is 1.02 bits per heavy atom. The summed E-state index contributed by atoms with van der Waals surface area (Å²) in [6.45, 7) is 8.92. The van der Waals surface area contributed by atoms with E-state index in [-0.39, 0.29) is 36.9 Å². The van der Waals surface area contributed by atoms with Gasteiger partial charge >= 0.3 is 11.9 Å². The molecule has 1 heterocycles. The molecule has 0 atom stereocenters. The summed E-state index contributed by atoms with van der Waals surface area (Å²) in [5, 5.41) is 6.24. The first-order chi connectivity index (χ1) is 23.6. The first-order valence-electron chi connectivity index (χ1n) is 18.6. The average Bonchev–Trinajstić information content (AvgIpc) is 3.35. The molecule has 0 unspecified atom stereocenters. The number of hydroxylamine groups is 2. The van der Waals surface area contributed by atoms with E-state index in [0.29, 0.717) is 70.6 Å². The Balaban J connectivity index is 1.72. The molecule has 0 aromatic rings. The molecule has 0 aromatic heterocycles. The maximum atomic E-state index is 12.0. The number of esters is 1. The number of carbonyl (C=O) groups is 5. The number of unbranched alkanes of at least 4 members (excludes halogenated alkanes) is 13.